The molecule has 0 aliphatic rings. The molecule has 0 N–H and O–H groups in total. The van der Waals surface area contributed by atoms with E-state index in [1.165, 1.54) is 26.2 Å². The van der Waals surface area contributed by atoms with E-state index in [1.54, 1.807) is 23.5 Å². The van der Waals surface area contributed by atoms with Gasteiger partial charge < -0.3 is 4.90 Å². The SMILES string of the molecule is [2H]c1c([2H])c([2H])c(-c2cc(-c3c([2H])c([2H])c([2H])c([2H])c3[2H])cc(N(c3ccc(-c4ccccc4)cc3)c3ccc(-c4ccc5sc6ccccc6c5c4)cc3)c2)c([2H])c1[2H]. The highest BCUT2D eigenvalue weighted by Gasteiger charge is 2.17. The standard InChI is InChI=1S/C48H33NS/c1-4-12-34(13-5-1)37-20-25-42(26-21-37)49(44-31-40(35-14-6-2-7-15-35)30-41(32-44)36-16-8-3-9-17-36)43-27-22-38(23-28-43)39-24-29-48-46(33-39)45-18-10-11-19-47(45)50-48/h1-33H/i2D,3D,6D,7D,8D,9D,14D,15D,16D,17D. The lowest BCUT2D eigenvalue weighted by molar-refractivity contribution is 1.28. The van der Waals surface area contributed by atoms with Gasteiger partial charge in [0.15, 0.2) is 0 Å². The number of fused-ring (bicyclic) bond motifs is 3. The normalized spacial score (nSPS) is 14.0. The van der Waals surface area contributed by atoms with Crippen LogP contribution in [-0.4, -0.2) is 0 Å². The van der Waals surface area contributed by atoms with Crippen LogP contribution < -0.4 is 4.90 Å². The molecule has 9 aromatic rings. The summed E-state index contributed by atoms with van der Waals surface area (Å²) in [6, 6.07) is 40.9. The third-order valence-electron chi connectivity index (χ3n) is 8.82. The van der Waals surface area contributed by atoms with E-state index >= 15 is 0 Å². The van der Waals surface area contributed by atoms with E-state index < -0.39 is 60.4 Å². The lowest BCUT2D eigenvalue weighted by Crippen LogP contribution is -2.10. The third kappa shape index (κ3) is 5.77. The van der Waals surface area contributed by atoms with Gasteiger partial charge in [-0.1, -0.05) is 139 Å². The van der Waals surface area contributed by atoms with Crippen molar-refractivity contribution in [3.63, 3.8) is 0 Å². The zero-order valence-corrected chi connectivity index (χ0v) is 27.5. The summed E-state index contributed by atoms with van der Waals surface area (Å²) in [6.07, 6.45) is 0. The first-order valence-corrected chi connectivity index (χ1v) is 17.0. The number of benzene rings is 8. The van der Waals surface area contributed by atoms with Crippen molar-refractivity contribution >= 4 is 48.6 Å². The molecule has 0 fully saturated rings. The zero-order valence-electron chi connectivity index (χ0n) is 36.6. The predicted octanol–water partition coefficient (Wildman–Crippen LogP) is 14.2. The summed E-state index contributed by atoms with van der Waals surface area (Å²) in [7, 11) is 0. The molecule has 0 unspecified atom stereocenters. The Morgan fingerprint density at radius 1 is 0.340 bits per heavy atom. The molecule has 0 aliphatic carbocycles. The van der Waals surface area contributed by atoms with Crippen LogP contribution in [0.2, 0.25) is 0 Å². The summed E-state index contributed by atoms with van der Waals surface area (Å²) in [5.41, 5.74) is 6.22. The molecule has 50 heavy (non-hydrogen) atoms. The minimum Gasteiger partial charge on any atom is -0.310 e. The van der Waals surface area contributed by atoms with Crippen molar-refractivity contribution in [2.75, 3.05) is 4.90 Å². The van der Waals surface area contributed by atoms with Crippen LogP contribution in [0.3, 0.4) is 0 Å². The highest BCUT2D eigenvalue weighted by molar-refractivity contribution is 7.25. The maximum Gasteiger partial charge on any atom is 0.0629 e. The van der Waals surface area contributed by atoms with E-state index in [9.17, 15) is 0 Å². The van der Waals surface area contributed by atoms with E-state index in [1.807, 2.05) is 95.9 Å². The van der Waals surface area contributed by atoms with E-state index in [-0.39, 0.29) is 22.3 Å². The minimum atomic E-state index is -0.540. The Labute approximate surface area is 311 Å². The van der Waals surface area contributed by atoms with E-state index in [4.69, 9.17) is 13.7 Å². The van der Waals surface area contributed by atoms with Crippen molar-refractivity contribution in [3.05, 3.63) is 200 Å². The number of anilines is 3. The fourth-order valence-electron chi connectivity index (χ4n) is 6.41. The smallest absolute Gasteiger partial charge is 0.0629 e. The number of hydrogen-bond acceptors (Lipinski definition) is 2. The van der Waals surface area contributed by atoms with Crippen molar-refractivity contribution < 1.29 is 13.7 Å². The van der Waals surface area contributed by atoms with E-state index in [0.29, 0.717) is 5.69 Å². The van der Waals surface area contributed by atoms with Gasteiger partial charge in [0.25, 0.3) is 0 Å². The van der Waals surface area contributed by atoms with Gasteiger partial charge in [-0.3, -0.25) is 0 Å². The first kappa shape index (κ1) is 21.0. The van der Waals surface area contributed by atoms with Gasteiger partial charge in [0.2, 0.25) is 0 Å². The Balaban J connectivity index is 1.27. The van der Waals surface area contributed by atoms with Crippen molar-refractivity contribution in [3.8, 4) is 44.5 Å². The molecule has 0 atom stereocenters. The molecule has 1 nitrogen and oxygen atoms in total. The fraction of sp³-hybridized carbons (Fsp3) is 0. The lowest BCUT2D eigenvalue weighted by Gasteiger charge is -2.27. The summed E-state index contributed by atoms with van der Waals surface area (Å²) in [4.78, 5) is 1.95. The van der Waals surface area contributed by atoms with Crippen molar-refractivity contribution in [2.24, 2.45) is 0 Å². The molecule has 236 valence electrons. The second kappa shape index (κ2) is 13.0. The number of nitrogens with zero attached hydrogens (tertiary/aromatic N) is 1. The molecule has 0 saturated carbocycles. The Kier molecular flexibility index (Phi) is 5.46. The quantitative estimate of drug-likeness (QED) is 0.164. The van der Waals surface area contributed by atoms with Crippen molar-refractivity contribution in [1.82, 2.24) is 0 Å². The Bertz CT molecular complexity index is 3000. The second-order valence-electron chi connectivity index (χ2n) is 11.9. The van der Waals surface area contributed by atoms with Crippen LogP contribution in [0.25, 0.3) is 64.7 Å². The maximum absolute atomic E-state index is 8.89. The average Bonchev–Trinajstić information content (AvgIpc) is 3.65. The van der Waals surface area contributed by atoms with Crippen LogP contribution in [-0.2, 0) is 0 Å². The number of thiophene rings is 1. The molecular weight excluding hydrogens is 623 g/mol. The molecule has 0 saturated heterocycles. The van der Waals surface area contributed by atoms with Gasteiger partial charge in [-0.2, -0.15) is 0 Å². The molecule has 0 spiro atoms. The van der Waals surface area contributed by atoms with Gasteiger partial charge in [-0.15, -0.1) is 11.3 Å². The van der Waals surface area contributed by atoms with Crippen molar-refractivity contribution in [1.29, 1.82) is 0 Å². The predicted molar refractivity (Wildman–Crippen MR) is 216 cm³/mol. The van der Waals surface area contributed by atoms with Crippen LogP contribution in [0.4, 0.5) is 17.1 Å². The summed E-state index contributed by atoms with van der Waals surface area (Å²) < 4.78 is 88.3. The van der Waals surface area contributed by atoms with Gasteiger partial charge in [0, 0.05) is 37.2 Å². The van der Waals surface area contributed by atoms with Gasteiger partial charge >= 0.3 is 0 Å². The Morgan fingerprint density at radius 3 is 1.46 bits per heavy atom. The summed E-state index contributed by atoms with van der Waals surface area (Å²) in [5, 5.41) is 2.39. The van der Waals surface area contributed by atoms with Crippen LogP contribution in [0.5, 0.6) is 0 Å². The van der Waals surface area contributed by atoms with Crippen LogP contribution in [0, 0.1) is 0 Å². The molecule has 0 aliphatic heterocycles. The second-order valence-corrected chi connectivity index (χ2v) is 13.0. The lowest BCUT2D eigenvalue weighted by atomic mass is 9.97. The molecule has 1 heterocycles. The van der Waals surface area contributed by atoms with E-state index in [2.05, 4.69) is 30.3 Å². The van der Waals surface area contributed by atoms with Crippen LogP contribution in [0.15, 0.2) is 200 Å². The van der Waals surface area contributed by atoms with Gasteiger partial charge in [0.1, 0.15) is 0 Å². The average molecular weight is 666 g/mol. The highest BCUT2D eigenvalue weighted by atomic mass is 32.1. The molecule has 0 bridgehead atoms. The van der Waals surface area contributed by atoms with Gasteiger partial charge in [-0.25, -0.2) is 0 Å². The zero-order chi connectivity index (χ0) is 42.0. The van der Waals surface area contributed by atoms with Gasteiger partial charge in [-0.05, 0) is 105 Å². The van der Waals surface area contributed by atoms with Crippen LogP contribution in [0.1, 0.15) is 13.7 Å². The molecule has 0 radical (unpaired) electrons. The van der Waals surface area contributed by atoms with Crippen LogP contribution >= 0.6 is 11.3 Å². The van der Waals surface area contributed by atoms with Gasteiger partial charge in [0.05, 0.1) is 13.7 Å². The summed E-state index contributed by atoms with van der Waals surface area (Å²) in [5.74, 6) is 0. The topological polar surface area (TPSA) is 3.24 Å². The molecule has 2 heteroatoms. The molecule has 1 aromatic heterocycles. The number of hydrogen-bond donors (Lipinski definition) is 0. The molecule has 0 amide bonds. The highest BCUT2D eigenvalue weighted by Crippen LogP contribution is 2.42. The third-order valence-corrected chi connectivity index (χ3v) is 9.97. The molecule has 8 aromatic carbocycles. The fourth-order valence-corrected chi connectivity index (χ4v) is 7.49. The van der Waals surface area contributed by atoms with Crippen molar-refractivity contribution in [2.45, 2.75) is 0 Å². The van der Waals surface area contributed by atoms with E-state index in [0.717, 1.165) is 33.6 Å². The first-order valence-electron chi connectivity index (χ1n) is 21.2. The largest absolute Gasteiger partial charge is 0.310 e. The monoisotopic (exact) mass is 665 g/mol. The Morgan fingerprint density at radius 2 is 0.840 bits per heavy atom. The summed E-state index contributed by atoms with van der Waals surface area (Å²) >= 11 is 1.76. The Hall–Kier alpha value is -6.22. The molecule has 9 rings (SSSR count). The minimum absolute atomic E-state index is 0.0810. The number of rotatable bonds is 7. The summed E-state index contributed by atoms with van der Waals surface area (Å²) in [6.45, 7) is 0. The maximum atomic E-state index is 8.89. The first-order chi connectivity index (χ1) is 28.9. The molecular formula is C48H33NS.